The van der Waals surface area contributed by atoms with Gasteiger partial charge >= 0.3 is 0 Å². The molecule has 2 aromatic rings. The van der Waals surface area contributed by atoms with E-state index in [0.29, 0.717) is 18.7 Å². The van der Waals surface area contributed by atoms with Gasteiger partial charge in [0, 0.05) is 17.5 Å². The first-order chi connectivity index (χ1) is 10.4. The van der Waals surface area contributed by atoms with E-state index in [-0.39, 0.29) is 5.91 Å². The van der Waals surface area contributed by atoms with E-state index in [1.807, 2.05) is 44.2 Å². The predicted molar refractivity (Wildman–Crippen MR) is 85.7 cm³/mol. The molecule has 22 heavy (non-hydrogen) atoms. The molecule has 0 fully saturated rings. The summed E-state index contributed by atoms with van der Waals surface area (Å²) in [6.07, 6.45) is 1.64. The summed E-state index contributed by atoms with van der Waals surface area (Å²) < 4.78 is 5.20. The molecule has 0 spiro atoms. The maximum atomic E-state index is 12.2. The van der Waals surface area contributed by atoms with Crippen molar-refractivity contribution < 1.29 is 14.3 Å². The molecule has 118 valence electrons. The van der Waals surface area contributed by atoms with Crippen LogP contribution in [0.25, 0.3) is 0 Å². The van der Waals surface area contributed by atoms with Crippen molar-refractivity contribution in [3.63, 3.8) is 0 Å². The largest absolute Gasteiger partial charge is 0.459 e. The van der Waals surface area contributed by atoms with Crippen LogP contribution in [0.3, 0.4) is 0 Å². The third kappa shape index (κ3) is 3.77. The fourth-order valence-electron chi connectivity index (χ4n) is 2.39. The summed E-state index contributed by atoms with van der Waals surface area (Å²) in [5.41, 5.74) is 1.49. The van der Waals surface area contributed by atoms with Gasteiger partial charge in [0.05, 0.1) is 12.4 Å². The second-order valence-electron chi connectivity index (χ2n) is 6.11. The van der Waals surface area contributed by atoms with Crippen LogP contribution in [0.2, 0.25) is 0 Å². The van der Waals surface area contributed by atoms with Crippen molar-refractivity contribution in [3.8, 4) is 0 Å². The Labute approximate surface area is 131 Å². The normalized spacial score (nSPS) is 15.1. The van der Waals surface area contributed by atoms with E-state index in [0.717, 1.165) is 11.1 Å². The SMILES string of the molecule is Cc1ccoc1C(=O)NC[C@](C)(Cc1ccccc1)[C@H](C)O. The molecule has 2 N–H and O–H groups in total. The average molecular weight is 301 g/mol. The maximum Gasteiger partial charge on any atom is 0.287 e. The van der Waals surface area contributed by atoms with Gasteiger partial charge in [-0.1, -0.05) is 37.3 Å². The van der Waals surface area contributed by atoms with Gasteiger partial charge in [-0.2, -0.15) is 0 Å². The Balaban J connectivity index is 2.05. The van der Waals surface area contributed by atoms with Gasteiger partial charge in [-0.05, 0) is 31.9 Å². The van der Waals surface area contributed by atoms with Crippen LogP contribution in [0.4, 0.5) is 0 Å². The summed E-state index contributed by atoms with van der Waals surface area (Å²) >= 11 is 0. The van der Waals surface area contributed by atoms with Gasteiger partial charge < -0.3 is 14.8 Å². The first kappa shape index (κ1) is 16.3. The third-order valence-electron chi connectivity index (χ3n) is 4.18. The predicted octanol–water partition coefficient (Wildman–Crippen LogP) is 2.95. The Morgan fingerprint density at radius 1 is 1.32 bits per heavy atom. The Hall–Kier alpha value is -2.07. The van der Waals surface area contributed by atoms with E-state index in [4.69, 9.17) is 4.42 Å². The third-order valence-corrected chi connectivity index (χ3v) is 4.18. The fraction of sp³-hybridized carbons (Fsp3) is 0.389. The highest BCUT2D eigenvalue weighted by molar-refractivity contribution is 5.92. The van der Waals surface area contributed by atoms with Crippen molar-refractivity contribution >= 4 is 5.91 Å². The van der Waals surface area contributed by atoms with Crippen LogP contribution in [0.1, 0.15) is 35.5 Å². The summed E-state index contributed by atoms with van der Waals surface area (Å²) in [5, 5.41) is 13.0. The molecule has 4 heteroatoms. The molecule has 0 aliphatic carbocycles. The van der Waals surface area contributed by atoms with E-state index in [1.165, 1.54) is 6.26 Å². The molecule has 0 aliphatic rings. The minimum absolute atomic E-state index is 0.248. The average Bonchev–Trinajstić information content (AvgIpc) is 2.92. The molecule has 0 saturated heterocycles. The zero-order chi connectivity index (χ0) is 16.2. The number of aryl methyl sites for hydroxylation is 1. The van der Waals surface area contributed by atoms with Gasteiger partial charge in [-0.15, -0.1) is 0 Å². The van der Waals surface area contributed by atoms with Crippen LogP contribution < -0.4 is 5.32 Å². The maximum absolute atomic E-state index is 12.2. The number of nitrogens with one attached hydrogen (secondary N) is 1. The molecule has 0 saturated carbocycles. The van der Waals surface area contributed by atoms with E-state index in [1.54, 1.807) is 13.0 Å². The number of carbonyl (C=O) groups is 1. The fourth-order valence-corrected chi connectivity index (χ4v) is 2.39. The van der Waals surface area contributed by atoms with Crippen molar-refractivity contribution in [2.24, 2.45) is 5.41 Å². The summed E-state index contributed by atoms with van der Waals surface area (Å²) in [4.78, 5) is 12.2. The Kier molecular flexibility index (Phi) is 5.03. The van der Waals surface area contributed by atoms with Crippen molar-refractivity contribution in [3.05, 3.63) is 59.5 Å². The highest BCUT2D eigenvalue weighted by Gasteiger charge is 2.31. The highest BCUT2D eigenvalue weighted by Crippen LogP contribution is 2.26. The van der Waals surface area contributed by atoms with Gasteiger partial charge in [0.1, 0.15) is 0 Å². The lowest BCUT2D eigenvalue weighted by molar-refractivity contribution is 0.0495. The Morgan fingerprint density at radius 3 is 2.55 bits per heavy atom. The summed E-state index contributed by atoms with van der Waals surface area (Å²) in [7, 11) is 0. The Bertz CT molecular complexity index is 618. The molecule has 2 atom stereocenters. The molecule has 1 aromatic carbocycles. The van der Waals surface area contributed by atoms with Crippen molar-refractivity contribution in [1.29, 1.82) is 0 Å². The number of carbonyl (C=O) groups excluding carboxylic acids is 1. The number of aliphatic hydroxyl groups is 1. The first-order valence-corrected chi connectivity index (χ1v) is 7.47. The van der Waals surface area contributed by atoms with Crippen molar-refractivity contribution in [2.75, 3.05) is 6.54 Å². The quantitative estimate of drug-likeness (QED) is 0.862. The molecule has 0 bridgehead atoms. The van der Waals surface area contributed by atoms with Gasteiger partial charge in [-0.3, -0.25) is 4.79 Å². The number of rotatable bonds is 6. The van der Waals surface area contributed by atoms with Gasteiger partial charge in [0.15, 0.2) is 5.76 Å². The molecule has 4 nitrogen and oxygen atoms in total. The van der Waals surface area contributed by atoms with E-state index in [9.17, 15) is 9.90 Å². The van der Waals surface area contributed by atoms with Crippen molar-refractivity contribution in [2.45, 2.75) is 33.3 Å². The molecule has 1 amide bonds. The highest BCUT2D eigenvalue weighted by atomic mass is 16.3. The van der Waals surface area contributed by atoms with E-state index >= 15 is 0 Å². The second-order valence-corrected chi connectivity index (χ2v) is 6.11. The second kappa shape index (κ2) is 6.79. The molecule has 0 unspecified atom stereocenters. The van der Waals surface area contributed by atoms with Crippen LogP contribution in [0.5, 0.6) is 0 Å². The topological polar surface area (TPSA) is 62.5 Å². The summed E-state index contributed by atoms with van der Waals surface area (Å²) in [6, 6.07) is 11.7. The van der Waals surface area contributed by atoms with Crippen LogP contribution in [0, 0.1) is 12.3 Å². The van der Waals surface area contributed by atoms with Gasteiger partial charge in [0.25, 0.3) is 5.91 Å². The minimum atomic E-state index is -0.550. The summed E-state index contributed by atoms with van der Waals surface area (Å²) in [5.74, 6) is 0.0788. The number of furan rings is 1. The van der Waals surface area contributed by atoms with Crippen LogP contribution in [-0.4, -0.2) is 23.7 Å². The van der Waals surface area contributed by atoms with E-state index < -0.39 is 11.5 Å². The summed E-state index contributed by atoms with van der Waals surface area (Å²) in [6.45, 7) is 5.93. The lowest BCUT2D eigenvalue weighted by Gasteiger charge is -2.33. The van der Waals surface area contributed by atoms with Crippen LogP contribution >= 0.6 is 0 Å². The monoisotopic (exact) mass is 301 g/mol. The number of hydrogen-bond donors (Lipinski definition) is 2. The van der Waals surface area contributed by atoms with Gasteiger partial charge in [0.2, 0.25) is 0 Å². The number of hydrogen-bond acceptors (Lipinski definition) is 3. The molecular formula is C18H23NO3. The lowest BCUT2D eigenvalue weighted by atomic mass is 9.79. The zero-order valence-electron chi connectivity index (χ0n) is 13.3. The number of aliphatic hydroxyl groups excluding tert-OH is 1. The number of benzene rings is 1. The first-order valence-electron chi connectivity index (χ1n) is 7.47. The smallest absolute Gasteiger partial charge is 0.287 e. The van der Waals surface area contributed by atoms with Crippen molar-refractivity contribution in [1.82, 2.24) is 5.32 Å². The number of amides is 1. The minimum Gasteiger partial charge on any atom is -0.459 e. The molecule has 2 rings (SSSR count). The van der Waals surface area contributed by atoms with E-state index in [2.05, 4.69) is 5.32 Å². The molecular weight excluding hydrogens is 278 g/mol. The van der Waals surface area contributed by atoms with Crippen LogP contribution in [-0.2, 0) is 6.42 Å². The standard InChI is InChI=1S/C18H23NO3/c1-13-9-10-22-16(13)17(21)19-12-18(3,14(2)20)11-15-7-5-4-6-8-15/h4-10,14,20H,11-12H2,1-3H3,(H,19,21)/t14-,18-/m0/s1. The molecule has 0 aliphatic heterocycles. The van der Waals surface area contributed by atoms with Gasteiger partial charge in [-0.25, -0.2) is 0 Å². The lowest BCUT2D eigenvalue weighted by Crippen LogP contribution is -2.43. The van der Waals surface area contributed by atoms with Crippen LogP contribution in [0.15, 0.2) is 47.1 Å². The molecule has 1 aromatic heterocycles. The Morgan fingerprint density at radius 2 is 2.00 bits per heavy atom. The molecule has 1 heterocycles. The molecule has 0 radical (unpaired) electrons. The zero-order valence-corrected chi connectivity index (χ0v) is 13.3.